The van der Waals surface area contributed by atoms with Crippen molar-refractivity contribution in [3.63, 3.8) is 0 Å². The molecule has 6 nitrogen and oxygen atoms in total. The van der Waals surface area contributed by atoms with E-state index in [9.17, 15) is 8.42 Å². The molecule has 0 bridgehead atoms. The monoisotopic (exact) mass is 331 g/mol. The topological polar surface area (TPSA) is 65.1 Å². The summed E-state index contributed by atoms with van der Waals surface area (Å²) in [5.74, 6) is 0.665. The van der Waals surface area contributed by atoms with Crippen molar-refractivity contribution < 1.29 is 22.6 Å². The van der Waals surface area contributed by atoms with Crippen LogP contribution in [0.4, 0.5) is 0 Å². The third-order valence-corrected chi connectivity index (χ3v) is 5.07. The van der Waals surface area contributed by atoms with Crippen LogP contribution in [-0.4, -0.2) is 60.4 Å². The Morgan fingerprint density at radius 1 is 1.09 bits per heavy atom. The SMILES string of the molecule is COCCCN(C)S(=O)(=O)c1ccc(OCCOC)c(C)c1. The van der Waals surface area contributed by atoms with Crippen LogP contribution >= 0.6 is 0 Å². The highest BCUT2D eigenvalue weighted by Crippen LogP contribution is 2.23. The number of rotatable bonds is 10. The third-order valence-electron chi connectivity index (χ3n) is 3.22. The van der Waals surface area contributed by atoms with Gasteiger partial charge in [-0.3, -0.25) is 0 Å². The normalized spacial score (nSPS) is 11.9. The predicted octanol–water partition coefficient (Wildman–Crippen LogP) is 1.68. The van der Waals surface area contributed by atoms with Crippen LogP contribution in [0.2, 0.25) is 0 Å². The van der Waals surface area contributed by atoms with Gasteiger partial charge in [-0.2, -0.15) is 0 Å². The van der Waals surface area contributed by atoms with Gasteiger partial charge >= 0.3 is 0 Å². The van der Waals surface area contributed by atoms with E-state index < -0.39 is 10.0 Å². The number of hydrogen-bond acceptors (Lipinski definition) is 5. The number of aryl methyl sites for hydroxylation is 1. The summed E-state index contributed by atoms with van der Waals surface area (Å²) in [6.07, 6.45) is 0.656. The summed E-state index contributed by atoms with van der Waals surface area (Å²) >= 11 is 0. The molecule has 0 saturated carbocycles. The Labute approximate surface area is 133 Å². The Morgan fingerprint density at radius 2 is 1.77 bits per heavy atom. The van der Waals surface area contributed by atoms with Crippen molar-refractivity contribution in [2.75, 3.05) is 47.6 Å². The summed E-state index contributed by atoms with van der Waals surface area (Å²) < 4.78 is 41.7. The Kier molecular flexibility index (Phi) is 7.81. The minimum atomic E-state index is -3.49. The molecule has 0 unspecified atom stereocenters. The van der Waals surface area contributed by atoms with Crippen LogP contribution in [0.3, 0.4) is 0 Å². The highest BCUT2D eigenvalue weighted by Gasteiger charge is 2.21. The molecule has 0 fully saturated rings. The van der Waals surface area contributed by atoms with Gasteiger partial charge in [-0.05, 0) is 37.1 Å². The summed E-state index contributed by atoms with van der Waals surface area (Å²) in [5, 5.41) is 0. The summed E-state index contributed by atoms with van der Waals surface area (Å²) in [4.78, 5) is 0.268. The van der Waals surface area contributed by atoms with Crippen molar-refractivity contribution in [3.8, 4) is 5.75 Å². The van der Waals surface area contributed by atoms with Crippen molar-refractivity contribution in [3.05, 3.63) is 23.8 Å². The van der Waals surface area contributed by atoms with Gasteiger partial charge in [-0.1, -0.05) is 0 Å². The maximum atomic E-state index is 12.5. The first kappa shape index (κ1) is 18.9. The standard InChI is InChI=1S/C15H25NO5S/c1-13-12-14(6-7-15(13)21-11-10-20-4)22(17,18)16(2)8-5-9-19-3/h6-7,12H,5,8-11H2,1-4H3. The fourth-order valence-corrected chi connectivity index (χ4v) is 3.21. The zero-order valence-electron chi connectivity index (χ0n) is 13.7. The molecule has 1 aromatic rings. The fraction of sp³-hybridized carbons (Fsp3) is 0.600. The molecule has 0 saturated heterocycles. The van der Waals surface area contributed by atoms with Crippen molar-refractivity contribution in [2.24, 2.45) is 0 Å². The lowest BCUT2D eigenvalue weighted by atomic mass is 10.2. The molecule has 1 aromatic carbocycles. The van der Waals surface area contributed by atoms with E-state index in [4.69, 9.17) is 14.2 Å². The minimum Gasteiger partial charge on any atom is -0.491 e. The largest absolute Gasteiger partial charge is 0.491 e. The number of benzene rings is 1. The van der Waals surface area contributed by atoms with Gasteiger partial charge in [0.05, 0.1) is 11.5 Å². The quantitative estimate of drug-likeness (QED) is 0.610. The van der Waals surface area contributed by atoms with E-state index in [0.29, 0.717) is 38.5 Å². The van der Waals surface area contributed by atoms with Gasteiger partial charge in [0.25, 0.3) is 0 Å². The van der Waals surface area contributed by atoms with E-state index in [1.807, 2.05) is 6.92 Å². The maximum absolute atomic E-state index is 12.5. The molecule has 0 aliphatic rings. The summed E-state index contributed by atoms with van der Waals surface area (Å²) in [5.41, 5.74) is 0.780. The average Bonchev–Trinajstić information content (AvgIpc) is 2.49. The second kappa shape index (κ2) is 9.09. The predicted molar refractivity (Wildman–Crippen MR) is 84.9 cm³/mol. The molecule has 0 amide bonds. The first-order valence-corrected chi connectivity index (χ1v) is 8.55. The van der Waals surface area contributed by atoms with Gasteiger partial charge < -0.3 is 14.2 Å². The Hall–Kier alpha value is -1.15. The second-order valence-electron chi connectivity index (χ2n) is 4.94. The lowest BCUT2D eigenvalue weighted by Crippen LogP contribution is -2.28. The van der Waals surface area contributed by atoms with Crippen LogP contribution < -0.4 is 4.74 Å². The number of sulfonamides is 1. The van der Waals surface area contributed by atoms with Crippen LogP contribution in [-0.2, 0) is 19.5 Å². The lowest BCUT2D eigenvalue weighted by molar-refractivity contribution is 0.146. The molecule has 0 N–H and O–H groups in total. The van der Waals surface area contributed by atoms with Crippen molar-refractivity contribution in [1.82, 2.24) is 4.31 Å². The first-order chi connectivity index (χ1) is 10.4. The number of ether oxygens (including phenoxy) is 3. The molecule has 1 rings (SSSR count). The maximum Gasteiger partial charge on any atom is 0.242 e. The van der Waals surface area contributed by atoms with Gasteiger partial charge in [0.1, 0.15) is 12.4 Å². The highest BCUT2D eigenvalue weighted by molar-refractivity contribution is 7.89. The fourth-order valence-electron chi connectivity index (χ4n) is 1.91. The first-order valence-electron chi connectivity index (χ1n) is 7.11. The average molecular weight is 331 g/mol. The van der Waals surface area contributed by atoms with Crippen LogP contribution in [0, 0.1) is 6.92 Å². The molecular formula is C15H25NO5S. The molecule has 0 aromatic heterocycles. The summed E-state index contributed by atoms with van der Waals surface area (Å²) in [7, 11) is 1.29. The van der Waals surface area contributed by atoms with Crippen LogP contribution in [0.15, 0.2) is 23.1 Å². The Bertz CT molecular complexity index is 559. The molecule has 0 aliphatic heterocycles. The van der Waals surface area contributed by atoms with Gasteiger partial charge in [0, 0.05) is 34.4 Å². The van der Waals surface area contributed by atoms with Crippen molar-refractivity contribution in [2.45, 2.75) is 18.2 Å². The zero-order chi connectivity index (χ0) is 16.6. The zero-order valence-corrected chi connectivity index (χ0v) is 14.5. The molecule has 0 aliphatic carbocycles. The van der Waals surface area contributed by atoms with E-state index in [-0.39, 0.29) is 4.90 Å². The lowest BCUT2D eigenvalue weighted by Gasteiger charge is -2.18. The molecular weight excluding hydrogens is 306 g/mol. The number of methoxy groups -OCH3 is 2. The molecule has 7 heteroatoms. The molecule has 22 heavy (non-hydrogen) atoms. The van der Waals surface area contributed by atoms with Crippen molar-refractivity contribution >= 4 is 10.0 Å². The van der Waals surface area contributed by atoms with Gasteiger partial charge in [-0.25, -0.2) is 12.7 Å². The minimum absolute atomic E-state index is 0.268. The van der Waals surface area contributed by atoms with Crippen LogP contribution in [0.1, 0.15) is 12.0 Å². The van der Waals surface area contributed by atoms with Gasteiger partial charge in [0.2, 0.25) is 10.0 Å². The van der Waals surface area contributed by atoms with E-state index >= 15 is 0 Å². The van der Waals surface area contributed by atoms with Crippen LogP contribution in [0.5, 0.6) is 5.75 Å². The molecule has 0 heterocycles. The Balaban J connectivity index is 2.80. The molecule has 0 radical (unpaired) electrons. The number of nitrogens with zero attached hydrogens (tertiary/aromatic N) is 1. The Morgan fingerprint density at radius 3 is 2.36 bits per heavy atom. The van der Waals surface area contributed by atoms with E-state index in [0.717, 1.165) is 5.56 Å². The van der Waals surface area contributed by atoms with Gasteiger partial charge in [-0.15, -0.1) is 0 Å². The second-order valence-corrected chi connectivity index (χ2v) is 6.99. The smallest absolute Gasteiger partial charge is 0.242 e. The molecule has 126 valence electrons. The third kappa shape index (κ3) is 5.24. The summed E-state index contributed by atoms with van der Waals surface area (Å²) in [6.45, 7) is 3.70. The van der Waals surface area contributed by atoms with E-state index in [1.54, 1.807) is 39.5 Å². The summed E-state index contributed by atoms with van der Waals surface area (Å²) in [6, 6.07) is 4.88. The molecule has 0 spiro atoms. The van der Waals surface area contributed by atoms with Crippen LogP contribution in [0.25, 0.3) is 0 Å². The van der Waals surface area contributed by atoms with Gasteiger partial charge in [0.15, 0.2) is 0 Å². The van der Waals surface area contributed by atoms with E-state index in [2.05, 4.69) is 0 Å². The van der Waals surface area contributed by atoms with Crippen molar-refractivity contribution in [1.29, 1.82) is 0 Å². The number of hydrogen-bond donors (Lipinski definition) is 0. The van der Waals surface area contributed by atoms with E-state index in [1.165, 1.54) is 4.31 Å². The molecule has 0 atom stereocenters. The highest BCUT2D eigenvalue weighted by atomic mass is 32.2.